The third-order valence-electron chi connectivity index (χ3n) is 3.39. The van der Waals surface area contributed by atoms with Gasteiger partial charge >= 0.3 is 0 Å². The molecule has 0 spiro atoms. The molecule has 2 rings (SSSR count). The molecule has 0 saturated heterocycles. The van der Waals surface area contributed by atoms with Crippen molar-refractivity contribution >= 4 is 45.6 Å². The van der Waals surface area contributed by atoms with Gasteiger partial charge in [0.2, 0.25) is 11.0 Å². The quantitative estimate of drug-likeness (QED) is 0.492. The molecule has 0 fully saturated rings. The predicted octanol–water partition coefficient (Wildman–Crippen LogP) is 4.18. The first kappa shape index (κ1) is 20.4. The fourth-order valence-electron chi connectivity index (χ4n) is 1.87. The van der Waals surface area contributed by atoms with Crippen LogP contribution in [-0.2, 0) is 4.79 Å². The van der Waals surface area contributed by atoms with Crippen LogP contribution in [0.3, 0.4) is 0 Å². The molecular weight excluding hydrogens is 368 g/mol. The summed E-state index contributed by atoms with van der Waals surface area (Å²) in [4.78, 5) is 24.0. The zero-order valence-electron chi connectivity index (χ0n) is 15.4. The molecule has 6 nitrogen and oxygen atoms in total. The van der Waals surface area contributed by atoms with Crippen LogP contribution in [0.25, 0.3) is 0 Å². The van der Waals surface area contributed by atoms with Gasteiger partial charge in [-0.25, -0.2) is 0 Å². The largest absolute Gasteiger partial charge is 0.360 e. The third kappa shape index (κ3) is 6.42. The number of hydrogen-bond acceptors (Lipinski definition) is 7. The Morgan fingerprint density at radius 3 is 2.42 bits per heavy atom. The molecule has 1 amide bonds. The smallest absolute Gasteiger partial charge is 0.226 e. The lowest BCUT2D eigenvalue weighted by Gasteiger charge is -2.08. The van der Waals surface area contributed by atoms with Gasteiger partial charge in [0.15, 0.2) is 10.1 Å². The Morgan fingerprint density at radius 2 is 1.81 bits per heavy atom. The monoisotopic (exact) mass is 392 g/mol. The van der Waals surface area contributed by atoms with Crippen molar-refractivity contribution in [1.82, 2.24) is 10.2 Å². The van der Waals surface area contributed by atoms with Crippen molar-refractivity contribution in [2.75, 3.05) is 22.9 Å². The number of aromatic nitrogens is 2. The van der Waals surface area contributed by atoms with Gasteiger partial charge in [0.1, 0.15) is 0 Å². The number of nitrogens with zero attached hydrogens (tertiary/aromatic N) is 2. The van der Waals surface area contributed by atoms with Gasteiger partial charge < -0.3 is 10.6 Å². The van der Waals surface area contributed by atoms with Crippen LogP contribution in [-0.4, -0.2) is 34.2 Å². The van der Waals surface area contributed by atoms with Crippen LogP contribution >= 0.6 is 23.1 Å². The number of Topliss-reactive ketones (excluding diaryl/α,β-unsaturated/α-hetero) is 1. The van der Waals surface area contributed by atoms with E-state index in [2.05, 4.69) is 34.7 Å². The average molecular weight is 393 g/mol. The first-order chi connectivity index (χ1) is 12.3. The second kappa shape index (κ2) is 9.68. The number of thioether (sulfide) groups is 1. The van der Waals surface area contributed by atoms with E-state index in [-0.39, 0.29) is 17.6 Å². The Bertz CT molecular complexity index is 742. The lowest BCUT2D eigenvalue weighted by atomic mass is 10.1. The molecule has 0 aliphatic carbocycles. The number of carbonyl (C=O) groups is 2. The molecule has 0 aliphatic heterocycles. The molecule has 26 heavy (non-hydrogen) atoms. The Morgan fingerprint density at radius 1 is 1.12 bits per heavy atom. The minimum Gasteiger partial charge on any atom is -0.360 e. The molecule has 0 atom stereocenters. The highest BCUT2D eigenvalue weighted by Gasteiger charge is 2.11. The van der Waals surface area contributed by atoms with E-state index in [0.717, 1.165) is 16.0 Å². The number of anilines is 2. The summed E-state index contributed by atoms with van der Waals surface area (Å²) in [5.41, 5.74) is 1.31. The van der Waals surface area contributed by atoms with Crippen LogP contribution in [0.5, 0.6) is 0 Å². The molecule has 0 aliphatic rings. The number of amides is 1. The number of benzene rings is 1. The summed E-state index contributed by atoms with van der Waals surface area (Å²) in [6.45, 7) is 8.77. The van der Waals surface area contributed by atoms with Gasteiger partial charge in [-0.3, -0.25) is 9.59 Å². The van der Waals surface area contributed by atoms with Crippen molar-refractivity contribution in [1.29, 1.82) is 0 Å². The van der Waals surface area contributed by atoms with Crippen molar-refractivity contribution < 1.29 is 9.59 Å². The summed E-state index contributed by atoms with van der Waals surface area (Å²) >= 11 is 2.84. The maximum absolute atomic E-state index is 12.3. The minimum atomic E-state index is -0.0838. The van der Waals surface area contributed by atoms with E-state index < -0.39 is 0 Å². The van der Waals surface area contributed by atoms with E-state index in [9.17, 15) is 9.59 Å². The molecule has 1 heterocycles. The molecule has 8 heteroatoms. The van der Waals surface area contributed by atoms with Gasteiger partial charge in [0.25, 0.3) is 0 Å². The Labute approximate surface area is 162 Å². The van der Waals surface area contributed by atoms with Crippen LogP contribution in [0.15, 0.2) is 28.6 Å². The van der Waals surface area contributed by atoms with Crippen LogP contribution in [0.1, 0.15) is 38.1 Å². The van der Waals surface area contributed by atoms with Crippen LogP contribution in [0, 0.1) is 11.8 Å². The van der Waals surface area contributed by atoms with E-state index in [1.54, 1.807) is 24.3 Å². The summed E-state index contributed by atoms with van der Waals surface area (Å²) in [5, 5.41) is 15.0. The zero-order valence-corrected chi connectivity index (χ0v) is 17.0. The lowest BCUT2D eigenvalue weighted by molar-refractivity contribution is -0.118. The van der Waals surface area contributed by atoms with Crippen LogP contribution < -0.4 is 10.6 Å². The predicted molar refractivity (Wildman–Crippen MR) is 108 cm³/mol. The molecule has 1 aromatic heterocycles. The summed E-state index contributed by atoms with van der Waals surface area (Å²) < 4.78 is 0.769. The third-order valence-corrected chi connectivity index (χ3v) is 5.41. The summed E-state index contributed by atoms with van der Waals surface area (Å²) in [5.74, 6) is 0.724. The van der Waals surface area contributed by atoms with Crippen LogP contribution in [0.4, 0.5) is 10.8 Å². The number of hydrogen-bond donors (Lipinski definition) is 2. The van der Waals surface area contributed by atoms with Crippen molar-refractivity contribution in [2.24, 2.45) is 11.8 Å². The van der Waals surface area contributed by atoms with Gasteiger partial charge in [-0.1, -0.05) is 50.8 Å². The molecule has 0 saturated carbocycles. The first-order valence-electron chi connectivity index (χ1n) is 8.49. The molecule has 0 radical (unpaired) electrons. The Kier molecular flexibility index (Phi) is 7.59. The number of carbonyl (C=O) groups excluding carboxylic acids is 2. The van der Waals surface area contributed by atoms with Crippen molar-refractivity contribution in [3.63, 3.8) is 0 Å². The van der Waals surface area contributed by atoms with Crippen molar-refractivity contribution in [3.8, 4) is 0 Å². The molecule has 140 valence electrons. The SMILES string of the molecule is CC(C)CNc1nnc(SCC(=O)c2ccc(NC(=O)C(C)C)cc2)s1. The summed E-state index contributed by atoms with van der Waals surface area (Å²) in [6.07, 6.45) is 0. The summed E-state index contributed by atoms with van der Waals surface area (Å²) in [6, 6.07) is 6.96. The molecular formula is C18H24N4O2S2. The fraction of sp³-hybridized carbons (Fsp3) is 0.444. The maximum Gasteiger partial charge on any atom is 0.226 e. The number of rotatable bonds is 9. The first-order valence-corrected chi connectivity index (χ1v) is 10.3. The second-order valence-corrected chi connectivity index (χ2v) is 8.78. The second-order valence-electron chi connectivity index (χ2n) is 6.58. The summed E-state index contributed by atoms with van der Waals surface area (Å²) in [7, 11) is 0. The van der Waals surface area contributed by atoms with Crippen LogP contribution in [0.2, 0.25) is 0 Å². The van der Waals surface area contributed by atoms with Gasteiger partial charge in [0, 0.05) is 23.7 Å². The van der Waals surface area contributed by atoms with E-state index in [1.165, 1.54) is 23.1 Å². The highest BCUT2D eigenvalue weighted by molar-refractivity contribution is 8.01. The van der Waals surface area contributed by atoms with E-state index in [1.807, 2.05) is 13.8 Å². The molecule has 2 N–H and O–H groups in total. The normalized spacial score (nSPS) is 11.0. The molecule has 0 unspecified atom stereocenters. The maximum atomic E-state index is 12.3. The zero-order chi connectivity index (χ0) is 19.1. The average Bonchev–Trinajstić information content (AvgIpc) is 3.06. The molecule has 2 aromatic rings. The van der Waals surface area contributed by atoms with Gasteiger partial charge in [0.05, 0.1) is 5.75 Å². The Hall–Kier alpha value is -1.93. The number of ketones is 1. The fourth-order valence-corrected chi connectivity index (χ4v) is 3.52. The van der Waals surface area contributed by atoms with Gasteiger partial charge in [-0.2, -0.15) is 0 Å². The van der Waals surface area contributed by atoms with Gasteiger partial charge in [-0.05, 0) is 30.2 Å². The van der Waals surface area contributed by atoms with E-state index in [0.29, 0.717) is 22.9 Å². The standard InChI is InChI=1S/C18H24N4O2S2/c1-11(2)9-19-17-21-22-18(26-17)25-10-15(23)13-5-7-14(8-6-13)20-16(24)12(3)4/h5-8,11-12H,9-10H2,1-4H3,(H,19,21)(H,20,24). The van der Waals surface area contributed by atoms with Crippen molar-refractivity contribution in [2.45, 2.75) is 32.0 Å². The lowest BCUT2D eigenvalue weighted by Crippen LogP contribution is -2.17. The van der Waals surface area contributed by atoms with Crippen molar-refractivity contribution in [3.05, 3.63) is 29.8 Å². The molecule has 1 aromatic carbocycles. The highest BCUT2D eigenvalue weighted by atomic mass is 32.2. The van der Waals surface area contributed by atoms with E-state index in [4.69, 9.17) is 0 Å². The highest BCUT2D eigenvalue weighted by Crippen LogP contribution is 2.26. The number of nitrogens with one attached hydrogen (secondary N) is 2. The minimum absolute atomic E-state index is 0.0172. The Balaban J connectivity index is 1.85. The topological polar surface area (TPSA) is 84.0 Å². The van der Waals surface area contributed by atoms with E-state index >= 15 is 0 Å². The molecule has 0 bridgehead atoms. The van der Waals surface area contributed by atoms with Gasteiger partial charge in [-0.15, -0.1) is 10.2 Å².